The molecule has 2 heterocycles. The van der Waals surface area contributed by atoms with Crippen molar-refractivity contribution in [3.05, 3.63) is 65.7 Å². The Labute approximate surface area is 152 Å². The van der Waals surface area contributed by atoms with E-state index in [1.165, 1.54) is 0 Å². The molecular weight excluding hydrogens is 334 g/mol. The third kappa shape index (κ3) is 3.65. The molecule has 25 heavy (non-hydrogen) atoms. The first-order valence-electron chi connectivity index (χ1n) is 8.33. The fraction of sp³-hybridized carbons (Fsp3) is 0.200. The first kappa shape index (κ1) is 16.1. The molecule has 1 aliphatic heterocycles. The van der Waals surface area contributed by atoms with Crippen LogP contribution in [-0.4, -0.2) is 36.3 Å². The smallest absolute Gasteiger partial charge is 0.226 e. The maximum absolute atomic E-state index is 6.02. The van der Waals surface area contributed by atoms with Crippen LogP contribution >= 0.6 is 11.6 Å². The maximum atomic E-state index is 6.02. The minimum absolute atomic E-state index is 0.704. The Balaban J connectivity index is 1.81. The van der Waals surface area contributed by atoms with Crippen LogP contribution < -0.4 is 4.90 Å². The maximum Gasteiger partial charge on any atom is 0.226 e. The Morgan fingerprint density at radius 1 is 0.800 bits per heavy atom. The molecule has 4 nitrogen and oxygen atoms in total. The Kier molecular flexibility index (Phi) is 4.63. The summed E-state index contributed by atoms with van der Waals surface area (Å²) in [5, 5.41) is 0.717. The van der Waals surface area contributed by atoms with Gasteiger partial charge in [-0.3, -0.25) is 0 Å². The van der Waals surface area contributed by atoms with Gasteiger partial charge in [0.25, 0.3) is 0 Å². The van der Waals surface area contributed by atoms with Gasteiger partial charge in [0.05, 0.1) is 24.6 Å². The van der Waals surface area contributed by atoms with Crippen molar-refractivity contribution in [1.82, 2.24) is 9.97 Å². The molecule has 0 spiro atoms. The standard InChI is InChI=1S/C20H18ClN3O/c21-17-8-6-16(7-9-17)19-14-18(15-4-2-1-3-5-15)22-20(23-19)24-10-12-25-13-11-24/h1-9,14H,10-13H2. The zero-order chi connectivity index (χ0) is 17.1. The van der Waals surface area contributed by atoms with Crippen LogP contribution in [-0.2, 0) is 4.74 Å². The molecular formula is C20H18ClN3O. The highest BCUT2D eigenvalue weighted by Crippen LogP contribution is 2.27. The van der Waals surface area contributed by atoms with Gasteiger partial charge < -0.3 is 9.64 Å². The van der Waals surface area contributed by atoms with Crippen LogP contribution in [0.1, 0.15) is 0 Å². The van der Waals surface area contributed by atoms with Crippen LogP contribution in [0.4, 0.5) is 5.95 Å². The van der Waals surface area contributed by atoms with Crippen LogP contribution in [0.5, 0.6) is 0 Å². The molecule has 0 bridgehead atoms. The highest BCUT2D eigenvalue weighted by atomic mass is 35.5. The van der Waals surface area contributed by atoms with E-state index >= 15 is 0 Å². The average Bonchev–Trinajstić information content (AvgIpc) is 2.69. The van der Waals surface area contributed by atoms with Crippen LogP contribution in [0, 0.1) is 0 Å². The number of hydrogen-bond donors (Lipinski definition) is 0. The molecule has 3 aromatic rings. The van der Waals surface area contributed by atoms with E-state index in [0.717, 1.165) is 46.6 Å². The van der Waals surface area contributed by atoms with Crippen molar-refractivity contribution in [2.24, 2.45) is 0 Å². The summed E-state index contributed by atoms with van der Waals surface area (Å²) < 4.78 is 5.45. The number of halogens is 1. The van der Waals surface area contributed by atoms with Crippen molar-refractivity contribution in [2.75, 3.05) is 31.2 Å². The quantitative estimate of drug-likeness (QED) is 0.705. The van der Waals surface area contributed by atoms with Gasteiger partial charge in [-0.05, 0) is 18.2 Å². The predicted octanol–water partition coefficient (Wildman–Crippen LogP) is 4.30. The molecule has 1 fully saturated rings. The van der Waals surface area contributed by atoms with E-state index in [2.05, 4.69) is 17.0 Å². The van der Waals surface area contributed by atoms with E-state index < -0.39 is 0 Å². The summed E-state index contributed by atoms with van der Waals surface area (Å²) in [6.07, 6.45) is 0. The largest absolute Gasteiger partial charge is 0.378 e. The van der Waals surface area contributed by atoms with E-state index in [4.69, 9.17) is 26.3 Å². The Hall–Kier alpha value is -2.43. The summed E-state index contributed by atoms with van der Waals surface area (Å²) in [6, 6.07) is 20.0. The number of nitrogens with zero attached hydrogens (tertiary/aromatic N) is 3. The first-order valence-corrected chi connectivity index (χ1v) is 8.70. The third-order valence-corrected chi connectivity index (χ3v) is 4.47. The normalized spacial score (nSPS) is 14.5. The van der Waals surface area contributed by atoms with E-state index in [1.807, 2.05) is 48.5 Å². The van der Waals surface area contributed by atoms with Crippen LogP contribution in [0.3, 0.4) is 0 Å². The molecule has 0 saturated carbocycles. The molecule has 1 saturated heterocycles. The molecule has 1 aromatic heterocycles. The molecule has 4 rings (SSSR count). The lowest BCUT2D eigenvalue weighted by Gasteiger charge is -2.27. The van der Waals surface area contributed by atoms with E-state index in [1.54, 1.807) is 0 Å². The number of anilines is 1. The van der Waals surface area contributed by atoms with E-state index in [-0.39, 0.29) is 0 Å². The van der Waals surface area contributed by atoms with Crippen molar-refractivity contribution in [3.63, 3.8) is 0 Å². The molecule has 0 atom stereocenters. The molecule has 0 radical (unpaired) electrons. The fourth-order valence-corrected chi connectivity index (χ4v) is 2.99. The molecule has 2 aromatic carbocycles. The van der Waals surface area contributed by atoms with Gasteiger partial charge in [-0.15, -0.1) is 0 Å². The molecule has 0 amide bonds. The minimum Gasteiger partial charge on any atom is -0.378 e. The molecule has 126 valence electrons. The zero-order valence-electron chi connectivity index (χ0n) is 13.7. The van der Waals surface area contributed by atoms with Gasteiger partial charge in [-0.2, -0.15) is 0 Å². The molecule has 0 unspecified atom stereocenters. The molecule has 0 aliphatic carbocycles. The van der Waals surface area contributed by atoms with Crippen LogP contribution in [0.25, 0.3) is 22.5 Å². The van der Waals surface area contributed by atoms with Gasteiger partial charge in [0.15, 0.2) is 0 Å². The Bertz CT molecular complexity index is 847. The second kappa shape index (κ2) is 7.21. The van der Waals surface area contributed by atoms with E-state index in [0.29, 0.717) is 13.2 Å². The van der Waals surface area contributed by atoms with Gasteiger partial charge >= 0.3 is 0 Å². The number of aromatic nitrogens is 2. The van der Waals surface area contributed by atoms with Gasteiger partial charge in [-0.1, -0.05) is 54.1 Å². The van der Waals surface area contributed by atoms with Crippen LogP contribution in [0.15, 0.2) is 60.7 Å². The number of benzene rings is 2. The topological polar surface area (TPSA) is 38.2 Å². The summed E-state index contributed by atoms with van der Waals surface area (Å²) in [6.45, 7) is 3.01. The van der Waals surface area contributed by atoms with Crippen molar-refractivity contribution in [1.29, 1.82) is 0 Å². The van der Waals surface area contributed by atoms with Crippen molar-refractivity contribution in [2.45, 2.75) is 0 Å². The van der Waals surface area contributed by atoms with Crippen molar-refractivity contribution >= 4 is 17.5 Å². The van der Waals surface area contributed by atoms with Gasteiger partial charge in [0.1, 0.15) is 0 Å². The summed E-state index contributed by atoms with van der Waals surface area (Å²) in [5.41, 5.74) is 3.92. The SMILES string of the molecule is Clc1ccc(-c2cc(-c3ccccc3)nc(N3CCOCC3)n2)cc1. The number of rotatable bonds is 3. The highest BCUT2D eigenvalue weighted by Gasteiger charge is 2.16. The van der Waals surface area contributed by atoms with Gasteiger partial charge in [-0.25, -0.2) is 9.97 Å². The Morgan fingerprint density at radius 2 is 1.40 bits per heavy atom. The highest BCUT2D eigenvalue weighted by molar-refractivity contribution is 6.30. The average molecular weight is 352 g/mol. The Morgan fingerprint density at radius 3 is 2.04 bits per heavy atom. The van der Waals surface area contributed by atoms with Crippen molar-refractivity contribution < 1.29 is 4.74 Å². The lowest BCUT2D eigenvalue weighted by molar-refractivity contribution is 0.122. The number of ether oxygens (including phenoxy) is 1. The zero-order valence-corrected chi connectivity index (χ0v) is 14.5. The minimum atomic E-state index is 0.704. The lowest BCUT2D eigenvalue weighted by Crippen LogP contribution is -2.37. The lowest BCUT2D eigenvalue weighted by atomic mass is 10.1. The molecule has 5 heteroatoms. The van der Waals surface area contributed by atoms with Gasteiger partial charge in [0, 0.05) is 29.2 Å². The number of hydrogen-bond acceptors (Lipinski definition) is 4. The second-order valence-electron chi connectivity index (χ2n) is 5.91. The van der Waals surface area contributed by atoms with Crippen molar-refractivity contribution in [3.8, 4) is 22.5 Å². The van der Waals surface area contributed by atoms with Crippen LogP contribution in [0.2, 0.25) is 5.02 Å². The fourth-order valence-electron chi connectivity index (χ4n) is 2.86. The molecule has 1 aliphatic rings. The summed E-state index contributed by atoms with van der Waals surface area (Å²) in [5.74, 6) is 0.745. The summed E-state index contributed by atoms with van der Waals surface area (Å²) in [4.78, 5) is 11.8. The first-order chi connectivity index (χ1) is 12.3. The number of morpholine rings is 1. The molecule has 0 N–H and O–H groups in total. The van der Waals surface area contributed by atoms with E-state index in [9.17, 15) is 0 Å². The monoisotopic (exact) mass is 351 g/mol. The second-order valence-corrected chi connectivity index (χ2v) is 6.35. The summed E-state index contributed by atoms with van der Waals surface area (Å²) >= 11 is 6.02. The third-order valence-electron chi connectivity index (χ3n) is 4.22. The van der Waals surface area contributed by atoms with Gasteiger partial charge in [0.2, 0.25) is 5.95 Å². The predicted molar refractivity (Wildman–Crippen MR) is 101 cm³/mol. The summed E-state index contributed by atoms with van der Waals surface area (Å²) in [7, 11) is 0.